The van der Waals surface area contributed by atoms with E-state index in [1.54, 1.807) is 30.5 Å². The first-order valence-corrected chi connectivity index (χ1v) is 19.1. The van der Waals surface area contributed by atoms with Gasteiger partial charge in [-0.1, -0.05) is 18.2 Å². The zero-order valence-corrected chi connectivity index (χ0v) is 32.8. The molecule has 0 saturated heterocycles. The lowest BCUT2D eigenvalue weighted by atomic mass is 10.0. The number of fused-ring (bicyclic) bond motifs is 1. The highest BCUT2D eigenvalue weighted by Gasteiger charge is 2.35. The van der Waals surface area contributed by atoms with Crippen molar-refractivity contribution in [2.24, 2.45) is 16.5 Å². The zero-order chi connectivity index (χ0) is 45.2. The predicted molar refractivity (Wildman–Crippen MR) is 211 cm³/mol. The van der Waals surface area contributed by atoms with Crippen LogP contribution in [-0.4, -0.2) is 146 Å². The number of carbonyl (C=O) groups excluding carboxylic acids is 7. The first-order valence-electron chi connectivity index (χ1n) is 19.1. The number of unbranched alkanes of at least 4 members (excludes halogenated alkanes) is 1. The monoisotopic (exact) mass is 858 g/mol. The molecule has 7 amide bonds. The minimum absolute atomic E-state index is 0.103. The lowest BCUT2D eigenvalue weighted by Crippen LogP contribution is -2.60. The molecule has 15 N–H and O–H groups in total. The Hall–Kier alpha value is -6.79. The number of nitrogens with zero attached hydrogens (tertiary/aromatic N) is 1. The Bertz CT molecular complexity index is 1990. The summed E-state index contributed by atoms with van der Waals surface area (Å²) >= 11 is 0. The number of carboxylic acid groups (broad SMARTS) is 3. The average Bonchev–Trinajstić information content (AvgIpc) is 3.62. The van der Waals surface area contributed by atoms with E-state index >= 15 is 0 Å². The number of carbonyl (C=O) groups is 10. The fourth-order valence-electron chi connectivity index (χ4n) is 6.01. The van der Waals surface area contributed by atoms with Gasteiger partial charge in [-0.15, -0.1) is 0 Å². The van der Waals surface area contributed by atoms with Crippen LogP contribution in [0.5, 0.6) is 0 Å². The van der Waals surface area contributed by atoms with Crippen LogP contribution in [0.4, 0.5) is 0 Å². The number of para-hydroxylation sites is 1. The van der Waals surface area contributed by atoms with Crippen LogP contribution in [0.1, 0.15) is 56.9 Å². The Labute approximate surface area is 347 Å². The number of amides is 7. The van der Waals surface area contributed by atoms with E-state index in [1.165, 1.54) is 0 Å². The van der Waals surface area contributed by atoms with Gasteiger partial charge in [-0.05, 0) is 50.3 Å². The van der Waals surface area contributed by atoms with Gasteiger partial charge in [-0.3, -0.25) is 43.2 Å². The Morgan fingerprint density at radius 2 is 1.51 bits per heavy atom. The van der Waals surface area contributed by atoms with Crippen molar-refractivity contribution in [3.63, 3.8) is 0 Å². The number of aliphatic hydroxyl groups is 1. The molecule has 0 unspecified atom stereocenters. The van der Waals surface area contributed by atoms with E-state index < -0.39 is 134 Å². The molecule has 1 aliphatic rings. The van der Waals surface area contributed by atoms with Crippen molar-refractivity contribution in [3.8, 4) is 0 Å². The minimum atomic E-state index is -1.94. The van der Waals surface area contributed by atoms with Crippen molar-refractivity contribution in [1.29, 1.82) is 0 Å². The van der Waals surface area contributed by atoms with Crippen LogP contribution in [0.3, 0.4) is 0 Å². The summed E-state index contributed by atoms with van der Waals surface area (Å²) in [4.78, 5) is 136. The number of aliphatic hydroxyl groups excluding tert-OH is 1. The van der Waals surface area contributed by atoms with Gasteiger partial charge in [0.15, 0.2) is 0 Å². The number of H-pyrrole nitrogens is 1. The molecule has 3 rings (SSSR count). The van der Waals surface area contributed by atoms with Gasteiger partial charge >= 0.3 is 17.9 Å². The van der Waals surface area contributed by atoms with Gasteiger partial charge in [-0.2, -0.15) is 0 Å². The van der Waals surface area contributed by atoms with Crippen molar-refractivity contribution < 1.29 is 68.4 Å². The number of aliphatic imine (C=N–C) groups is 1. The van der Waals surface area contributed by atoms with Crippen LogP contribution in [0.2, 0.25) is 0 Å². The second-order valence-electron chi connectivity index (χ2n) is 14.0. The van der Waals surface area contributed by atoms with Crippen molar-refractivity contribution in [1.82, 2.24) is 36.9 Å². The molecule has 0 saturated carbocycles. The number of nitrogens with two attached hydrogens (primary N) is 2. The highest BCUT2D eigenvalue weighted by molar-refractivity contribution is 6.06. The summed E-state index contributed by atoms with van der Waals surface area (Å²) in [5, 5.41) is 52.0. The third kappa shape index (κ3) is 15.4. The van der Waals surface area contributed by atoms with Crippen molar-refractivity contribution >= 4 is 76.4 Å². The van der Waals surface area contributed by atoms with E-state index in [9.17, 15) is 63.3 Å². The van der Waals surface area contributed by atoms with Crippen molar-refractivity contribution in [2.75, 3.05) is 13.2 Å². The van der Waals surface area contributed by atoms with Crippen molar-refractivity contribution in [2.45, 2.75) is 100 Å². The maximum atomic E-state index is 14.1. The lowest BCUT2D eigenvalue weighted by Gasteiger charge is -2.27. The van der Waals surface area contributed by atoms with Crippen LogP contribution < -0.4 is 43.4 Å². The van der Waals surface area contributed by atoms with Gasteiger partial charge in [0.2, 0.25) is 41.4 Å². The average molecular weight is 859 g/mol. The summed E-state index contributed by atoms with van der Waals surface area (Å²) in [6, 6.07) is -4.90. The van der Waals surface area contributed by atoms with Gasteiger partial charge in [0.1, 0.15) is 36.3 Å². The number of rotatable bonds is 17. The highest BCUT2D eigenvalue weighted by atomic mass is 16.4. The summed E-state index contributed by atoms with van der Waals surface area (Å²) in [5.74, 6) is -12.3. The Balaban J connectivity index is 2.13. The number of hydrogen-bond donors (Lipinski definition) is 13. The van der Waals surface area contributed by atoms with E-state index in [4.69, 9.17) is 16.6 Å². The molecule has 2 aromatic rings. The van der Waals surface area contributed by atoms with E-state index in [2.05, 4.69) is 41.9 Å². The van der Waals surface area contributed by atoms with Crippen molar-refractivity contribution in [3.05, 3.63) is 36.0 Å². The smallest absolute Gasteiger partial charge is 0.328 e. The van der Waals surface area contributed by atoms with Crippen LogP contribution in [0.25, 0.3) is 10.9 Å². The van der Waals surface area contributed by atoms with Gasteiger partial charge in [0.25, 0.3) is 0 Å². The summed E-state index contributed by atoms with van der Waals surface area (Å²) in [6.07, 6.45) is -0.757. The van der Waals surface area contributed by atoms with Crippen LogP contribution in [-0.2, 0) is 54.4 Å². The molecule has 0 fully saturated rings. The van der Waals surface area contributed by atoms with Gasteiger partial charge < -0.3 is 68.8 Å². The third-order valence-electron chi connectivity index (χ3n) is 9.35. The molecule has 61 heavy (non-hydrogen) atoms. The number of nitrogens with one attached hydrogen (secondary N) is 7. The van der Waals surface area contributed by atoms with E-state index in [0.29, 0.717) is 29.1 Å². The second kappa shape index (κ2) is 23.7. The number of aromatic amines is 1. The summed E-state index contributed by atoms with van der Waals surface area (Å²) in [7, 11) is 0. The number of aliphatic carboxylic acids is 3. The summed E-state index contributed by atoms with van der Waals surface area (Å²) < 4.78 is 0. The fraction of sp³-hybridized carbons (Fsp3) is 0.486. The molecule has 1 aromatic carbocycles. The molecule has 0 aliphatic carbocycles. The van der Waals surface area contributed by atoms with Gasteiger partial charge in [0, 0.05) is 42.6 Å². The largest absolute Gasteiger partial charge is 0.481 e. The topological polar surface area (TPSA) is 404 Å². The lowest BCUT2D eigenvalue weighted by molar-refractivity contribution is -0.143. The minimum Gasteiger partial charge on any atom is -0.481 e. The molecule has 7 atom stereocenters. The molecule has 1 aliphatic heterocycles. The maximum absolute atomic E-state index is 14.1. The number of hydrogen-bond acceptors (Lipinski definition) is 13. The first kappa shape index (κ1) is 48.6. The predicted octanol–water partition coefficient (Wildman–Crippen LogP) is -4.12. The molecular formula is C37H50N10O14. The quantitative estimate of drug-likeness (QED) is 0.0672. The molecule has 24 heteroatoms. The zero-order valence-electron chi connectivity index (χ0n) is 32.8. The number of aromatic nitrogens is 1. The highest BCUT2D eigenvalue weighted by Crippen LogP contribution is 2.20. The summed E-state index contributed by atoms with van der Waals surface area (Å²) in [6.45, 7) is -0.866. The molecule has 1 aromatic heterocycles. The van der Waals surface area contributed by atoms with Gasteiger partial charge in [0.05, 0.1) is 19.1 Å². The molecule has 332 valence electrons. The number of carboxylic acids is 3. The second-order valence-corrected chi connectivity index (χ2v) is 14.0. The molecule has 24 nitrogen and oxygen atoms in total. The standard InChI is InChI=1S/C37H50N10O14/c38-12-4-3-7-22-32(55)44-24(13-18-15-40-21-6-2-1-5-19(18)21)34(57)43-23(33(56)47-27(17-48)37(60)61)9-10-28(49)41-16-26(46-31(54)20(39)8-11-29(50)51)36(59)45-25(14-30(52)53)35(58)42-22/h1-2,5-6,15-16,20,22-27,40,48H,3-4,7-14,17,38-39H2,(H,42,58)(H,43,57)(H,44,55)(H,45,59)(H,46,54)(H,47,56)(H,50,51)(H,52,53)(H,60,61)/t20-,22-,23-,24-,25-,26-,27-/m0/s1. The Morgan fingerprint density at radius 3 is 2.16 bits per heavy atom. The van der Waals surface area contributed by atoms with E-state index in [1.807, 2.05) is 0 Å². The summed E-state index contributed by atoms with van der Waals surface area (Å²) in [5.41, 5.74) is 12.6. The third-order valence-corrected chi connectivity index (χ3v) is 9.35. The molecule has 0 bridgehead atoms. The maximum Gasteiger partial charge on any atom is 0.328 e. The molecular weight excluding hydrogens is 808 g/mol. The van der Waals surface area contributed by atoms with Crippen LogP contribution >= 0.6 is 0 Å². The van der Waals surface area contributed by atoms with Crippen LogP contribution in [0, 0.1) is 0 Å². The molecule has 2 heterocycles. The van der Waals surface area contributed by atoms with E-state index in [-0.39, 0.29) is 32.2 Å². The Morgan fingerprint density at radius 1 is 0.852 bits per heavy atom. The fourth-order valence-corrected chi connectivity index (χ4v) is 6.01. The Kier molecular flexibility index (Phi) is 18.9. The van der Waals surface area contributed by atoms with E-state index in [0.717, 1.165) is 0 Å². The molecule has 0 spiro atoms. The SMILES string of the molecule is NCCCC[C@@H]1NC(=O)[C@H](CC(=O)O)NC(=O)[C@@H](NC(=O)[C@@H](N)CCC(=O)O)C=NC(=O)CC[C@@H](C(=O)N[C@@H](CO)C(=O)O)NC(=O)[C@H](Cc2c[nH]c3ccccc23)NC1=O. The van der Waals surface area contributed by atoms with Crippen LogP contribution in [0.15, 0.2) is 35.5 Å². The number of benzene rings is 1. The molecule has 0 radical (unpaired) electrons. The first-order chi connectivity index (χ1) is 28.9. The van der Waals surface area contributed by atoms with Gasteiger partial charge in [-0.25, -0.2) is 9.79 Å². The normalized spacial score (nSPS) is 21.7.